The van der Waals surface area contributed by atoms with Gasteiger partial charge in [0.25, 0.3) is 0 Å². The van der Waals surface area contributed by atoms with Gasteiger partial charge >= 0.3 is 5.97 Å². The van der Waals surface area contributed by atoms with E-state index < -0.39 is 5.97 Å². The lowest BCUT2D eigenvalue weighted by Crippen LogP contribution is -2.13. The minimum atomic E-state index is -0.866. The molecule has 4 heteroatoms. The number of hydrogen-bond acceptors (Lipinski definition) is 3. The quantitative estimate of drug-likeness (QED) is 0.839. The van der Waals surface area contributed by atoms with E-state index in [1.807, 2.05) is 19.0 Å². The van der Waals surface area contributed by atoms with E-state index in [-0.39, 0.29) is 0 Å². The molecule has 1 aliphatic carbocycles. The van der Waals surface area contributed by atoms with Crippen LogP contribution in [0.3, 0.4) is 0 Å². The van der Waals surface area contributed by atoms with Crippen LogP contribution in [0.1, 0.15) is 40.4 Å². The number of hydrogen-bond donors (Lipinski definition) is 1. The summed E-state index contributed by atoms with van der Waals surface area (Å²) < 4.78 is 0. The minimum absolute atomic E-state index is 0.375. The van der Waals surface area contributed by atoms with Gasteiger partial charge < -0.3 is 10.0 Å². The van der Waals surface area contributed by atoms with Crippen LogP contribution in [0.2, 0.25) is 0 Å². The van der Waals surface area contributed by atoms with Gasteiger partial charge in [-0.2, -0.15) is 0 Å². The topological polar surface area (TPSA) is 53.4 Å². The molecule has 0 atom stereocenters. The molecule has 1 fully saturated rings. The lowest BCUT2D eigenvalue weighted by atomic mass is 10.1. The van der Waals surface area contributed by atoms with Crippen LogP contribution in [0.5, 0.6) is 0 Å². The van der Waals surface area contributed by atoms with Gasteiger partial charge in [0.05, 0.1) is 11.3 Å². The fraction of sp³-hybridized carbons (Fsp3) is 0.500. The first kappa shape index (κ1) is 11.1. The van der Waals surface area contributed by atoms with E-state index in [1.54, 1.807) is 12.3 Å². The van der Waals surface area contributed by atoms with Crippen molar-refractivity contribution < 1.29 is 9.90 Å². The zero-order valence-corrected chi connectivity index (χ0v) is 9.60. The molecule has 1 aliphatic rings. The monoisotopic (exact) mass is 220 g/mol. The van der Waals surface area contributed by atoms with Crippen LogP contribution in [0.4, 0.5) is 0 Å². The molecule has 0 saturated heterocycles. The first-order valence-electron chi connectivity index (χ1n) is 5.44. The molecule has 1 N–H and O–H groups in total. The zero-order valence-electron chi connectivity index (χ0n) is 9.60. The summed E-state index contributed by atoms with van der Waals surface area (Å²) in [6.07, 6.45) is 3.93. The van der Waals surface area contributed by atoms with Crippen molar-refractivity contribution in [2.24, 2.45) is 0 Å². The SMILES string of the molecule is CN(C)Cc1cnc(C2CC2)c(C(=O)O)c1. The van der Waals surface area contributed by atoms with Gasteiger partial charge in [-0.1, -0.05) is 0 Å². The molecule has 1 aromatic rings. The van der Waals surface area contributed by atoms with E-state index in [0.29, 0.717) is 11.5 Å². The zero-order chi connectivity index (χ0) is 11.7. The fourth-order valence-corrected chi connectivity index (χ4v) is 1.82. The molecule has 1 aromatic heterocycles. The summed E-state index contributed by atoms with van der Waals surface area (Å²) in [6.45, 7) is 0.720. The number of rotatable bonds is 4. The second-order valence-corrected chi connectivity index (χ2v) is 4.59. The highest BCUT2D eigenvalue weighted by atomic mass is 16.4. The molecule has 0 bridgehead atoms. The van der Waals surface area contributed by atoms with Crippen LogP contribution >= 0.6 is 0 Å². The lowest BCUT2D eigenvalue weighted by molar-refractivity contribution is 0.0695. The minimum Gasteiger partial charge on any atom is -0.478 e. The number of carboxylic acid groups (broad SMARTS) is 1. The summed E-state index contributed by atoms with van der Waals surface area (Å²) in [5, 5.41) is 9.15. The third-order valence-electron chi connectivity index (χ3n) is 2.67. The summed E-state index contributed by atoms with van der Waals surface area (Å²) in [7, 11) is 3.91. The van der Waals surface area contributed by atoms with Gasteiger partial charge in [0.15, 0.2) is 0 Å². The van der Waals surface area contributed by atoms with E-state index >= 15 is 0 Å². The summed E-state index contributed by atoms with van der Waals surface area (Å²) in [5.41, 5.74) is 2.09. The smallest absolute Gasteiger partial charge is 0.337 e. The summed E-state index contributed by atoms with van der Waals surface area (Å²) in [4.78, 5) is 17.4. The van der Waals surface area contributed by atoms with Gasteiger partial charge in [-0.25, -0.2) is 4.79 Å². The highest BCUT2D eigenvalue weighted by Gasteiger charge is 2.29. The Labute approximate surface area is 94.9 Å². The molecule has 0 unspecified atom stereocenters. The van der Waals surface area contributed by atoms with E-state index in [2.05, 4.69) is 4.98 Å². The maximum absolute atomic E-state index is 11.1. The van der Waals surface area contributed by atoms with Crippen molar-refractivity contribution in [3.8, 4) is 0 Å². The molecule has 0 amide bonds. The first-order chi connectivity index (χ1) is 7.58. The fourth-order valence-electron chi connectivity index (χ4n) is 1.82. The number of nitrogens with zero attached hydrogens (tertiary/aromatic N) is 2. The van der Waals surface area contributed by atoms with Gasteiger partial charge in [-0.05, 0) is 38.6 Å². The van der Waals surface area contributed by atoms with Crippen molar-refractivity contribution in [1.29, 1.82) is 0 Å². The van der Waals surface area contributed by atoms with Gasteiger partial charge in [0.2, 0.25) is 0 Å². The van der Waals surface area contributed by atoms with Gasteiger partial charge in [0, 0.05) is 18.7 Å². The Hall–Kier alpha value is -1.42. The Morgan fingerprint density at radius 2 is 2.25 bits per heavy atom. The van der Waals surface area contributed by atoms with E-state index in [1.165, 1.54) is 0 Å². The molecular formula is C12H16N2O2. The Morgan fingerprint density at radius 3 is 2.75 bits per heavy atom. The van der Waals surface area contributed by atoms with Crippen molar-refractivity contribution in [1.82, 2.24) is 9.88 Å². The first-order valence-corrected chi connectivity index (χ1v) is 5.44. The van der Waals surface area contributed by atoms with Crippen LogP contribution in [0.15, 0.2) is 12.3 Å². The molecule has 0 radical (unpaired) electrons. The molecule has 0 spiro atoms. The molecule has 86 valence electrons. The normalized spacial score (nSPS) is 15.4. The second-order valence-electron chi connectivity index (χ2n) is 4.59. The predicted molar refractivity (Wildman–Crippen MR) is 60.6 cm³/mol. The molecule has 0 aliphatic heterocycles. The molecule has 1 saturated carbocycles. The number of aromatic nitrogens is 1. The number of aromatic carboxylic acids is 1. The molecule has 4 nitrogen and oxygen atoms in total. The van der Waals surface area contributed by atoms with Crippen LogP contribution in [-0.4, -0.2) is 35.1 Å². The van der Waals surface area contributed by atoms with E-state index in [9.17, 15) is 4.79 Å². The second kappa shape index (κ2) is 4.22. The van der Waals surface area contributed by atoms with Crippen LogP contribution in [0, 0.1) is 0 Å². The number of carbonyl (C=O) groups is 1. The van der Waals surface area contributed by atoms with Crippen LogP contribution < -0.4 is 0 Å². The van der Waals surface area contributed by atoms with Crippen molar-refractivity contribution in [2.75, 3.05) is 14.1 Å². The summed E-state index contributed by atoms with van der Waals surface area (Å²) in [6, 6.07) is 1.75. The standard InChI is InChI=1S/C12H16N2O2/c1-14(2)7-8-5-10(12(15)16)11(13-6-8)9-3-4-9/h5-6,9H,3-4,7H2,1-2H3,(H,15,16). The van der Waals surface area contributed by atoms with Crippen molar-refractivity contribution in [3.05, 3.63) is 29.1 Å². The summed E-state index contributed by atoms with van der Waals surface area (Å²) >= 11 is 0. The molecule has 2 rings (SSSR count). The molecule has 16 heavy (non-hydrogen) atoms. The average molecular weight is 220 g/mol. The van der Waals surface area contributed by atoms with Crippen LogP contribution in [0.25, 0.3) is 0 Å². The van der Waals surface area contributed by atoms with Crippen molar-refractivity contribution >= 4 is 5.97 Å². The van der Waals surface area contributed by atoms with Crippen molar-refractivity contribution in [2.45, 2.75) is 25.3 Å². The molecular weight excluding hydrogens is 204 g/mol. The maximum Gasteiger partial charge on any atom is 0.337 e. The third kappa shape index (κ3) is 2.39. The highest BCUT2D eigenvalue weighted by Crippen LogP contribution is 2.40. The van der Waals surface area contributed by atoms with Gasteiger partial charge in [-0.15, -0.1) is 0 Å². The Balaban J connectivity index is 2.31. The third-order valence-corrected chi connectivity index (χ3v) is 2.67. The Morgan fingerprint density at radius 1 is 1.56 bits per heavy atom. The van der Waals surface area contributed by atoms with Gasteiger partial charge in [0.1, 0.15) is 0 Å². The van der Waals surface area contributed by atoms with E-state index in [0.717, 1.165) is 30.6 Å². The highest BCUT2D eigenvalue weighted by molar-refractivity contribution is 5.89. The number of pyridine rings is 1. The predicted octanol–water partition coefficient (Wildman–Crippen LogP) is 1.72. The largest absolute Gasteiger partial charge is 0.478 e. The average Bonchev–Trinajstić information content (AvgIpc) is 3.00. The molecule has 1 heterocycles. The lowest BCUT2D eigenvalue weighted by Gasteiger charge is -2.11. The Bertz CT molecular complexity index is 411. The molecule has 0 aromatic carbocycles. The Kier molecular flexibility index (Phi) is 2.92. The van der Waals surface area contributed by atoms with Crippen molar-refractivity contribution in [3.63, 3.8) is 0 Å². The summed E-state index contributed by atoms with van der Waals surface area (Å²) in [5.74, 6) is -0.491. The van der Waals surface area contributed by atoms with E-state index in [4.69, 9.17) is 5.11 Å². The maximum atomic E-state index is 11.1. The number of carboxylic acids is 1. The van der Waals surface area contributed by atoms with Crippen LogP contribution in [-0.2, 0) is 6.54 Å². The van der Waals surface area contributed by atoms with Gasteiger partial charge in [-0.3, -0.25) is 4.98 Å².